The Labute approximate surface area is 265 Å². The Kier molecular flexibility index (Phi) is 12.8. The molecule has 5 atom stereocenters. The first kappa shape index (κ1) is 34.9. The van der Waals surface area contributed by atoms with Crippen LogP contribution in [0.4, 0.5) is 0 Å². The minimum absolute atomic E-state index is 0.0251. The van der Waals surface area contributed by atoms with E-state index >= 15 is 0 Å². The number of aliphatic hydroxyl groups is 1. The number of nitrogens with zero attached hydrogens (tertiary/aromatic N) is 1. The van der Waals surface area contributed by atoms with Crippen LogP contribution in [0.1, 0.15) is 50.2 Å². The van der Waals surface area contributed by atoms with Gasteiger partial charge in [-0.1, -0.05) is 35.9 Å². The average molecular weight is 649 g/mol. The van der Waals surface area contributed by atoms with Gasteiger partial charge in [-0.15, -0.1) is 0 Å². The number of ketones is 1. The van der Waals surface area contributed by atoms with Crippen molar-refractivity contribution in [3.63, 3.8) is 0 Å². The first-order chi connectivity index (χ1) is 21.6. The molecule has 4 rings (SSSR count). The van der Waals surface area contributed by atoms with Crippen molar-refractivity contribution in [1.29, 1.82) is 0 Å². The van der Waals surface area contributed by atoms with Crippen molar-refractivity contribution in [2.75, 3.05) is 46.1 Å². The highest BCUT2D eigenvalue weighted by Crippen LogP contribution is 2.31. The number of epoxide rings is 1. The van der Waals surface area contributed by atoms with Crippen LogP contribution in [0, 0.1) is 0 Å². The number of ether oxygens (including phenoxy) is 2. The van der Waals surface area contributed by atoms with Crippen molar-refractivity contribution < 1.29 is 42.5 Å². The maximum atomic E-state index is 13.8. The SMILES string of the molecule is C[C@]1(C(=O)[C@H](CC2=CCCCC2)NC(=O)[C@H](Cc2ccc(CS(=O)O)cc2)NC(=O)[C@H](CO)NC(=O)CN2CCOCC2)CO1. The molecular weight excluding hydrogens is 604 g/mol. The van der Waals surface area contributed by atoms with Gasteiger partial charge in [-0.25, -0.2) is 4.21 Å². The number of carbonyl (C=O) groups is 4. The Hall–Kier alpha value is -3.01. The van der Waals surface area contributed by atoms with Gasteiger partial charge in [0.05, 0.1) is 44.8 Å². The van der Waals surface area contributed by atoms with Gasteiger partial charge in [-0.3, -0.25) is 24.1 Å². The van der Waals surface area contributed by atoms with E-state index in [1.165, 1.54) is 0 Å². The number of Topliss-reactive ketones (excluding diaryl/α,β-unsaturated/α-hetero) is 1. The van der Waals surface area contributed by atoms with Gasteiger partial charge < -0.3 is 35.1 Å². The van der Waals surface area contributed by atoms with Gasteiger partial charge in [0.15, 0.2) is 16.9 Å². The van der Waals surface area contributed by atoms with Crippen molar-refractivity contribution in [1.82, 2.24) is 20.9 Å². The smallest absolute Gasteiger partial charge is 0.245 e. The highest BCUT2D eigenvalue weighted by Gasteiger charge is 2.50. The molecule has 1 unspecified atom stereocenters. The number of aliphatic hydroxyl groups excluding tert-OH is 1. The van der Waals surface area contributed by atoms with Gasteiger partial charge in [0.2, 0.25) is 17.7 Å². The van der Waals surface area contributed by atoms with Crippen molar-refractivity contribution in [3.8, 4) is 0 Å². The van der Waals surface area contributed by atoms with Gasteiger partial charge >= 0.3 is 0 Å². The number of amides is 3. The number of benzene rings is 1. The minimum Gasteiger partial charge on any atom is -0.394 e. The number of rotatable bonds is 16. The largest absolute Gasteiger partial charge is 0.394 e. The summed E-state index contributed by atoms with van der Waals surface area (Å²) in [6.07, 6.45) is 6.31. The average Bonchev–Trinajstić information content (AvgIpc) is 3.78. The van der Waals surface area contributed by atoms with E-state index in [1.807, 2.05) is 4.90 Å². The predicted octanol–water partition coefficient (Wildman–Crippen LogP) is -0.0218. The molecule has 2 saturated heterocycles. The fourth-order valence-corrected chi connectivity index (χ4v) is 5.96. The molecular formula is C31H44N4O9S. The van der Waals surface area contributed by atoms with Crippen LogP contribution >= 0.6 is 0 Å². The van der Waals surface area contributed by atoms with Crippen molar-refractivity contribution in [3.05, 3.63) is 47.0 Å². The van der Waals surface area contributed by atoms with Crippen LogP contribution in [0.2, 0.25) is 0 Å². The Balaban J connectivity index is 1.49. The molecule has 13 nitrogen and oxygen atoms in total. The highest BCUT2D eigenvalue weighted by molar-refractivity contribution is 7.78. The molecule has 0 spiro atoms. The van der Waals surface area contributed by atoms with Crippen LogP contribution < -0.4 is 16.0 Å². The van der Waals surface area contributed by atoms with Crippen LogP contribution in [0.15, 0.2) is 35.9 Å². The Bertz CT molecular complexity index is 1260. The topological polar surface area (TPSA) is 187 Å². The van der Waals surface area contributed by atoms with Crippen LogP contribution in [-0.2, 0) is 51.9 Å². The number of carbonyl (C=O) groups excluding carboxylic acids is 4. The lowest BCUT2D eigenvalue weighted by molar-refractivity contribution is -0.135. The maximum absolute atomic E-state index is 13.8. The van der Waals surface area contributed by atoms with E-state index in [0.717, 1.165) is 31.3 Å². The fourth-order valence-electron chi connectivity index (χ4n) is 5.48. The van der Waals surface area contributed by atoms with Gasteiger partial charge in [0.25, 0.3) is 0 Å². The zero-order chi connectivity index (χ0) is 32.4. The molecule has 0 radical (unpaired) electrons. The second-order valence-electron chi connectivity index (χ2n) is 12.0. The van der Waals surface area contributed by atoms with Crippen molar-refractivity contribution >= 4 is 34.6 Å². The Morgan fingerprint density at radius 2 is 1.60 bits per heavy atom. The monoisotopic (exact) mass is 648 g/mol. The standard InChI is InChI=1S/C31H44N4O9S/c1-31(20-44-31)28(38)24(15-21-5-3-2-4-6-21)33-29(39)25(16-22-7-9-23(10-8-22)19-45(41)42)34-30(40)26(18-36)32-27(37)17-35-11-13-43-14-12-35/h5,7-10,24-26,36H,2-4,6,11-20H2,1H3,(H,32,37)(H,33,39)(H,34,40)(H,41,42)/t24-,25-,26-,31+/m0/s1. The molecule has 1 aromatic rings. The quantitative estimate of drug-likeness (QED) is 0.0927. The molecule has 3 amide bonds. The van der Waals surface area contributed by atoms with Crippen molar-refractivity contribution in [2.45, 2.75) is 74.9 Å². The van der Waals surface area contributed by atoms with E-state index in [9.17, 15) is 33.0 Å². The summed E-state index contributed by atoms with van der Waals surface area (Å²) in [6, 6.07) is 3.38. The summed E-state index contributed by atoms with van der Waals surface area (Å²) in [4.78, 5) is 55.1. The van der Waals surface area contributed by atoms with Crippen LogP contribution in [0.3, 0.4) is 0 Å². The van der Waals surface area contributed by atoms with Gasteiger partial charge in [-0.2, -0.15) is 0 Å². The first-order valence-electron chi connectivity index (χ1n) is 15.4. The lowest BCUT2D eigenvalue weighted by atomic mass is 9.89. The van der Waals surface area contributed by atoms with Crippen molar-refractivity contribution in [2.24, 2.45) is 0 Å². The Morgan fingerprint density at radius 3 is 2.20 bits per heavy atom. The van der Waals surface area contributed by atoms with Gasteiger partial charge in [-0.05, 0) is 50.2 Å². The number of nitrogens with one attached hydrogen (secondary N) is 3. The Morgan fingerprint density at radius 1 is 0.956 bits per heavy atom. The summed E-state index contributed by atoms with van der Waals surface area (Å²) >= 11 is -2.02. The van der Waals surface area contributed by atoms with Crippen LogP contribution in [0.5, 0.6) is 0 Å². The summed E-state index contributed by atoms with van der Waals surface area (Å²) in [5.41, 5.74) is 1.39. The summed E-state index contributed by atoms with van der Waals surface area (Å²) in [7, 11) is 0. The van der Waals surface area contributed by atoms with E-state index < -0.39 is 59.1 Å². The van der Waals surface area contributed by atoms with Gasteiger partial charge in [0, 0.05) is 19.5 Å². The summed E-state index contributed by atoms with van der Waals surface area (Å²) in [5, 5.41) is 18.0. The molecule has 0 saturated carbocycles. The molecule has 5 N–H and O–H groups in total. The van der Waals surface area contributed by atoms with Crippen LogP contribution in [-0.4, -0.2) is 112 Å². The zero-order valence-electron chi connectivity index (χ0n) is 25.6. The van der Waals surface area contributed by atoms with E-state index in [0.29, 0.717) is 43.9 Å². The summed E-state index contributed by atoms with van der Waals surface area (Å²) in [6.45, 7) is 3.44. The molecule has 2 heterocycles. The lowest BCUT2D eigenvalue weighted by Crippen LogP contribution is -2.58. The molecule has 0 bridgehead atoms. The molecule has 14 heteroatoms. The third-order valence-corrected chi connectivity index (χ3v) is 8.85. The number of hydrogen-bond donors (Lipinski definition) is 5. The predicted molar refractivity (Wildman–Crippen MR) is 165 cm³/mol. The maximum Gasteiger partial charge on any atom is 0.245 e. The minimum atomic E-state index is -2.02. The second-order valence-corrected chi connectivity index (χ2v) is 12.9. The molecule has 1 aliphatic carbocycles. The fraction of sp³-hybridized carbons (Fsp3) is 0.613. The molecule has 2 aliphatic heterocycles. The molecule has 45 heavy (non-hydrogen) atoms. The highest BCUT2D eigenvalue weighted by atomic mass is 32.2. The molecule has 1 aromatic carbocycles. The van der Waals surface area contributed by atoms with E-state index in [2.05, 4.69) is 22.0 Å². The van der Waals surface area contributed by atoms with E-state index in [1.54, 1.807) is 31.2 Å². The third-order valence-electron chi connectivity index (χ3n) is 8.27. The zero-order valence-corrected chi connectivity index (χ0v) is 26.4. The first-order valence-corrected chi connectivity index (χ1v) is 16.7. The normalized spacial score (nSPS) is 22.7. The van der Waals surface area contributed by atoms with Gasteiger partial charge in [0.1, 0.15) is 17.7 Å². The molecule has 3 aliphatic rings. The molecule has 248 valence electrons. The number of allylic oxidation sites excluding steroid dienone is 1. The van der Waals surface area contributed by atoms with E-state index in [4.69, 9.17) is 9.47 Å². The van der Waals surface area contributed by atoms with Crippen LogP contribution in [0.25, 0.3) is 0 Å². The second kappa shape index (κ2) is 16.5. The van der Waals surface area contributed by atoms with E-state index in [-0.39, 0.29) is 31.1 Å². The summed E-state index contributed by atoms with van der Waals surface area (Å²) in [5.74, 6) is -2.09. The molecule has 2 fully saturated rings. The number of hydrogen-bond acceptors (Lipinski definition) is 9. The lowest BCUT2D eigenvalue weighted by Gasteiger charge is -2.28. The third kappa shape index (κ3) is 10.8. The number of morpholine rings is 1. The summed E-state index contributed by atoms with van der Waals surface area (Å²) < 4.78 is 31.1. The molecule has 0 aromatic heterocycles.